The first-order chi connectivity index (χ1) is 10.4. The highest BCUT2D eigenvalue weighted by molar-refractivity contribution is 7.89. The van der Waals surface area contributed by atoms with Gasteiger partial charge in [-0.2, -0.15) is 0 Å². The maximum atomic E-state index is 12.2. The van der Waals surface area contributed by atoms with Crippen LogP contribution in [0.3, 0.4) is 0 Å². The summed E-state index contributed by atoms with van der Waals surface area (Å²) in [5, 5.41) is 0. The number of rotatable bonds is 5. The summed E-state index contributed by atoms with van der Waals surface area (Å²) in [6, 6.07) is 6.93. The van der Waals surface area contributed by atoms with Crippen LogP contribution in [0.1, 0.15) is 38.2 Å². The summed E-state index contributed by atoms with van der Waals surface area (Å²) in [5.74, 6) is 0.0267. The molecular formula is C16H24N2O3S. The third-order valence-corrected chi connectivity index (χ3v) is 5.56. The Kier molecular flexibility index (Phi) is 5.58. The van der Waals surface area contributed by atoms with Gasteiger partial charge in [-0.25, -0.2) is 13.1 Å². The first kappa shape index (κ1) is 17.0. The number of carbonyl (C=O) groups excluding carboxylic acids is 1. The van der Waals surface area contributed by atoms with Crippen LogP contribution in [0, 0.1) is 6.92 Å². The maximum absolute atomic E-state index is 12.2. The molecule has 0 aromatic heterocycles. The van der Waals surface area contributed by atoms with Gasteiger partial charge >= 0.3 is 0 Å². The van der Waals surface area contributed by atoms with Crippen molar-refractivity contribution < 1.29 is 13.2 Å². The van der Waals surface area contributed by atoms with E-state index in [1.165, 1.54) is 0 Å². The van der Waals surface area contributed by atoms with Gasteiger partial charge in [-0.3, -0.25) is 4.79 Å². The van der Waals surface area contributed by atoms with Gasteiger partial charge < -0.3 is 4.90 Å². The molecule has 0 spiro atoms. The van der Waals surface area contributed by atoms with Crippen LogP contribution in [-0.2, 0) is 14.8 Å². The molecule has 0 aliphatic carbocycles. The molecule has 1 fully saturated rings. The number of benzene rings is 1. The molecule has 2 rings (SSSR count). The Hall–Kier alpha value is -1.40. The molecule has 1 aromatic carbocycles. The summed E-state index contributed by atoms with van der Waals surface area (Å²) >= 11 is 0. The highest BCUT2D eigenvalue weighted by Crippen LogP contribution is 2.17. The van der Waals surface area contributed by atoms with Gasteiger partial charge in [-0.1, -0.05) is 17.7 Å². The fourth-order valence-electron chi connectivity index (χ4n) is 2.71. The molecule has 1 aliphatic rings. The minimum Gasteiger partial charge on any atom is -0.340 e. The van der Waals surface area contributed by atoms with Gasteiger partial charge in [-0.05, 0) is 45.2 Å². The molecule has 1 heterocycles. The van der Waals surface area contributed by atoms with Crippen LogP contribution in [0.2, 0.25) is 0 Å². The molecule has 1 N–H and O–H groups in total. The van der Waals surface area contributed by atoms with E-state index in [0.29, 0.717) is 0 Å². The zero-order valence-corrected chi connectivity index (χ0v) is 14.0. The number of nitrogens with one attached hydrogen (secondary N) is 1. The highest BCUT2D eigenvalue weighted by atomic mass is 32.2. The van der Waals surface area contributed by atoms with Crippen LogP contribution in [-0.4, -0.2) is 38.4 Å². The average molecular weight is 324 g/mol. The van der Waals surface area contributed by atoms with E-state index in [4.69, 9.17) is 0 Å². The van der Waals surface area contributed by atoms with Crippen LogP contribution >= 0.6 is 0 Å². The molecule has 1 saturated heterocycles. The standard InChI is InChI=1S/C16H24N2O3S/c1-13-6-8-15(9-7-13)22(20,21)17-11-10-16(19)18-12-4-3-5-14(18)2/h6-9,14,17H,3-5,10-12H2,1-2H3/t14-/m1/s1. The zero-order chi connectivity index (χ0) is 16.2. The van der Waals surface area contributed by atoms with Gasteiger partial charge in [0.25, 0.3) is 0 Å². The topological polar surface area (TPSA) is 66.5 Å². The molecule has 6 heteroatoms. The monoisotopic (exact) mass is 324 g/mol. The van der Waals surface area contributed by atoms with Crippen LogP contribution in [0.25, 0.3) is 0 Å². The molecule has 5 nitrogen and oxygen atoms in total. The number of likely N-dealkylation sites (tertiary alicyclic amines) is 1. The molecule has 1 amide bonds. The van der Waals surface area contributed by atoms with Gasteiger partial charge in [0.05, 0.1) is 4.90 Å². The van der Waals surface area contributed by atoms with E-state index in [1.54, 1.807) is 24.3 Å². The Balaban J connectivity index is 1.87. The first-order valence-electron chi connectivity index (χ1n) is 7.76. The van der Waals surface area contributed by atoms with Crippen molar-refractivity contribution in [1.82, 2.24) is 9.62 Å². The van der Waals surface area contributed by atoms with Crippen molar-refractivity contribution in [1.29, 1.82) is 0 Å². The predicted octanol–water partition coefficient (Wildman–Crippen LogP) is 2.06. The number of amides is 1. The van der Waals surface area contributed by atoms with Crippen molar-refractivity contribution in [3.8, 4) is 0 Å². The second kappa shape index (κ2) is 7.24. The summed E-state index contributed by atoms with van der Waals surface area (Å²) in [5.41, 5.74) is 1.01. The van der Waals surface area contributed by atoms with Crippen LogP contribution < -0.4 is 4.72 Å². The number of sulfonamides is 1. The molecule has 22 heavy (non-hydrogen) atoms. The average Bonchev–Trinajstić information content (AvgIpc) is 2.48. The third-order valence-electron chi connectivity index (χ3n) is 4.09. The summed E-state index contributed by atoms with van der Waals surface area (Å²) in [6.45, 7) is 4.87. The largest absolute Gasteiger partial charge is 0.340 e. The molecular weight excluding hydrogens is 300 g/mol. The minimum absolute atomic E-state index is 0.0267. The lowest BCUT2D eigenvalue weighted by molar-refractivity contribution is -0.134. The van der Waals surface area contributed by atoms with E-state index in [-0.39, 0.29) is 29.8 Å². The van der Waals surface area contributed by atoms with Crippen LogP contribution in [0.5, 0.6) is 0 Å². The van der Waals surface area contributed by atoms with Crippen molar-refractivity contribution >= 4 is 15.9 Å². The molecule has 1 aliphatic heterocycles. The number of nitrogens with zero attached hydrogens (tertiary/aromatic N) is 1. The lowest BCUT2D eigenvalue weighted by atomic mass is 10.0. The van der Waals surface area contributed by atoms with Crippen LogP contribution in [0.4, 0.5) is 0 Å². The minimum atomic E-state index is -3.54. The quantitative estimate of drug-likeness (QED) is 0.901. The van der Waals surface area contributed by atoms with Crippen molar-refractivity contribution in [2.45, 2.75) is 50.5 Å². The van der Waals surface area contributed by atoms with Crippen molar-refractivity contribution in [3.05, 3.63) is 29.8 Å². The molecule has 1 atom stereocenters. The Morgan fingerprint density at radius 3 is 2.59 bits per heavy atom. The van der Waals surface area contributed by atoms with E-state index in [1.807, 2.05) is 18.7 Å². The Labute approximate surface area is 132 Å². The number of carbonyl (C=O) groups is 1. The Bertz CT molecular complexity index is 611. The molecule has 0 radical (unpaired) electrons. The van der Waals surface area contributed by atoms with Crippen molar-refractivity contribution in [3.63, 3.8) is 0 Å². The second-order valence-corrected chi connectivity index (χ2v) is 7.66. The molecule has 0 unspecified atom stereocenters. The molecule has 0 bridgehead atoms. The van der Waals surface area contributed by atoms with E-state index in [0.717, 1.165) is 31.4 Å². The molecule has 1 aromatic rings. The summed E-state index contributed by atoms with van der Waals surface area (Å²) in [6.07, 6.45) is 3.42. The first-order valence-corrected chi connectivity index (χ1v) is 9.24. The fraction of sp³-hybridized carbons (Fsp3) is 0.562. The highest BCUT2D eigenvalue weighted by Gasteiger charge is 2.23. The molecule has 122 valence electrons. The summed E-state index contributed by atoms with van der Waals surface area (Å²) < 4.78 is 26.8. The number of hydrogen-bond donors (Lipinski definition) is 1. The second-order valence-electron chi connectivity index (χ2n) is 5.89. The normalized spacial score (nSPS) is 19.2. The fourth-order valence-corrected chi connectivity index (χ4v) is 3.74. The van der Waals surface area contributed by atoms with E-state index in [9.17, 15) is 13.2 Å². The maximum Gasteiger partial charge on any atom is 0.240 e. The summed E-state index contributed by atoms with van der Waals surface area (Å²) in [4.78, 5) is 14.3. The lowest BCUT2D eigenvalue weighted by Gasteiger charge is -2.33. The molecule has 0 saturated carbocycles. The number of hydrogen-bond acceptors (Lipinski definition) is 3. The van der Waals surface area contributed by atoms with Crippen LogP contribution in [0.15, 0.2) is 29.2 Å². The Morgan fingerprint density at radius 1 is 1.27 bits per heavy atom. The van der Waals surface area contributed by atoms with Gasteiger partial charge in [0.1, 0.15) is 0 Å². The van der Waals surface area contributed by atoms with E-state index >= 15 is 0 Å². The SMILES string of the molecule is Cc1ccc(S(=O)(=O)NCCC(=O)N2CCCC[C@H]2C)cc1. The predicted molar refractivity (Wildman–Crippen MR) is 86.0 cm³/mol. The smallest absolute Gasteiger partial charge is 0.240 e. The van der Waals surface area contributed by atoms with Gasteiger partial charge in [0.15, 0.2) is 0 Å². The van der Waals surface area contributed by atoms with Crippen molar-refractivity contribution in [2.75, 3.05) is 13.1 Å². The summed E-state index contributed by atoms with van der Waals surface area (Å²) in [7, 11) is -3.54. The number of aryl methyl sites for hydroxylation is 1. The third kappa shape index (κ3) is 4.30. The Morgan fingerprint density at radius 2 is 1.95 bits per heavy atom. The lowest BCUT2D eigenvalue weighted by Crippen LogP contribution is -2.43. The van der Waals surface area contributed by atoms with Gasteiger partial charge in [0, 0.05) is 25.6 Å². The van der Waals surface area contributed by atoms with Gasteiger partial charge in [0.2, 0.25) is 15.9 Å². The number of piperidine rings is 1. The van der Waals surface area contributed by atoms with E-state index < -0.39 is 10.0 Å². The van der Waals surface area contributed by atoms with Crippen molar-refractivity contribution in [2.24, 2.45) is 0 Å². The van der Waals surface area contributed by atoms with E-state index in [2.05, 4.69) is 4.72 Å². The zero-order valence-electron chi connectivity index (χ0n) is 13.2. The van der Waals surface area contributed by atoms with Gasteiger partial charge in [-0.15, -0.1) is 0 Å².